The second kappa shape index (κ2) is 9.71. The van der Waals surface area contributed by atoms with E-state index >= 15 is 0 Å². The van der Waals surface area contributed by atoms with Gasteiger partial charge in [-0.1, -0.05) is 68.9 Å². The monoisotopic (exact) mass is 524 g/mol. The van der Waals surface area contributed by atoms with Crippen LogP contribution in [0.4, 0.5) is 11.4 Å². The second-order valence-corrected chi connectivity index (χ2v) is 9.02. The molecule has 0 spiro atoms. The summed E-state index contributed by atoms with van der Waals surface area (Å²) in [6.07, 6.45) is -1.22. The van der Waals surface area contributed by atoms with E-state index in [0.717, 1.165) is 0 Å². The highest BCUT2D eigenvalue weighted by Gasteiger charge is 2.35. The lowest BCUT2D eigenvalue weighted by Crippen LogP contribution is -2.56. The van der Waals surface area contributed by atoms with E-state index in [1.165, 1.54) is 18.2 Å². The normalized spacial score (nSPS) is 12.0. The Kier molecular flexibility index (Phi) is 7.85. The molecule has 0 aliphatic rings. The van der Waals surface area contributed by atoms with Gasteiger partial charge < -0.3 is 16.0 Å². The molecular formula is C16H12BrCl3N4O3S. The number of anilines is 1. The average Bonchev–Trinajstić information content (AvgIpc) is 2.60. The lowest BCUT2D eigenvalue weighted by Gasteiger charge is -2.27. The lowest BCUT2D eigenvalue weighted by molar-refractivity contribution is -0.383. The van der Waals surface area contributed by atoms with Crippen molar-refractivity contribution in [3.8, 4) is 0 Å². The highest BCUT2D eigenvalue weighted by atomic mass is 79.9. The fourth-order valence-corrected chi connectivity index (χ4v) is 3.03. The maximum absolute atomic E-state index is 12.4. The maximum Gasteiger partial charge on any atom is 0.292 e. The summed E-state index contributed by atoms with van der Waals surface area (Å²) in [6.45, 7) is 0. The highest BCUT2D eigenvalue weighted by Crippen LogP contribution is 2.30. The fourth-order valence-electron chi connectivity index (χ4n) is 2.07. The van der Waals surface area contributed by atoms with Gasteiger partial charge in [-0.2, -0.15) is 0 Å². The van der Waals surface area contributed by atoms with E-state index in [-0.39, 0.29) is 16.5 Å². The van der Waals surface area contributed by atoms with Crippen LogP contribution in [0.1, 0.15) is 10.4 Å². The van der Waals surface area contributed by atoms with Crippen LogP contribution in [-0.2, 0) is 0 Å². The molecule has 2 rings (SSSR count). The van der Waals surface area contributed by atoms with Crippen molar-refractivity contribution in [1.29, 1.82) is 0 Å². The fraction of sp³-hybridized carbons (Fsp3) is 0.125. The van der Waals surface area contributed by atoms with Crippen LogP contribution in [0.25, 0.3) is 0 Å². The summed E-state index contributed by atoms with van der Waals surface area (Å²) in [5.74, 6) is -0.515. The summed E-state index contributed by atoms with van der Waals surface area (Å²) in [6, 6.07) is 12.5. The number of rotatable bonds is 5. The summed E-state index contributed by atoms with van der Waals surface area (Å²) in [7, 11) is 0. The number of nitrogens with zero attached hydrogens (tertiary/aromatic N) is 1. The van der Waals surface area contributed by atoms with Crippen molar-refractivity contribution in [2.24, 2.45) is 0 Å². The third-order valence-corrected chi connectivity index (χ3v) is 4.68. The maximum atomic E-state index is 12.4. The molecule has 0 fully saturated rings. The first-order valence-electron chi connectivity index (χ1n) is 7.52. The van der Waals surface area contributed by atoms with Crippen LogP contribution in [0.15, 0.2) is 53.0 Å². The van der Waals surface area contributed by atoms with Crippen molar-refractivity contribution < 1.29 is 9.72 Å². The Morgan fingerprint density at radius 3 is 2.43 bits per heavy atom. The van der Waals surface area contributed by atoms with Gasteiger partial charge in [0.15, 0.2) is 5.11 Å². The van der Waals surface area contributed by atoms with Crippen molar-refractivity contribution in [3.05, 3.63) is 68.7 Å². The van der Waals surface area contributed by atoms with E-state index in [2.05, 4.69) is 31.9 Å². The molecule has 2 aromatic rings. The zero-order chi connectivity index (χ0) is 20.9. The van der Waals surface area contributed by atoms with Crippen LogP contribution >= 0.6 is 63.0 Å². The van der Waals surface area contributed by atoms with Crippen molar-refractivity contribution in [1.82, 2.24) is 10.6 Å². The molecule has 0 aromatic heterocycles. The number of halogens is 4. The number of alkyl halides is 3. The van der Waals surface area contributed by atoms with Crippen LogP contribution in [0.5, 0.6) is 0 Å². The van der Waals surface area contributed by atoms with Gasteiger partial charge in [-0.3, -0.25) is 14.9 Å². The number of carbonyl (C=O) groups is 1. The molecule has 0 saturated carbocycles. The van der Waals surface area contributed by atoms with E-state index in [1.807, 2.05) is 0 Å². The Labute approximate surface area is 189 Å². The predicted octanol–water partition coefficient (Wildman–Crippen LogP) is 4.77. The molecule has 0 radical (unpaired) electrons. The standard InChI is InChI=1S/C16H12BrCl3N4O3S/c17-10-5-3-4-9(8-10)13(25)22-14(16(18,19)20)23-15(28)21-11-6-1-2-7-12(11)24(26)27/h1-8,14H,(H,22,25)(H2,21,23,28). The molecule has 3 N–H and O–H groups in total. The first-order chi connectivity index (χ1) is 13.1. The molecular weight excluding hydrogens is 515 g/mol. The number of hydrogen-bond acceptors (Lipinski definition) is 4. The number of hydrogen-bond donors (Lipinski definition) is 3. The van der Waals surface area contributed by atoms with E-state index < -0.39 is 20.8 Å². The van der Waals surface area contributed by atoms with E-state index in [0.29, 0.717) is 10.0 Å². The quantitative estimate of drug-likeness (QED) is 0.171. The van der Waals surface area contributed by atoms with Gasteiger partial charge in [0.05, 0.1) is 4.92 Å². The molecule has 0 heterocycles. The number of nitro benzene ring substituents is 1. The minimum Gasteiger partial charge on any atom is -0.339 e. The number of para-hydroxylation sites is 2. The Morgan fingerprint density at radius 2 is 1.82 bits per heavy atom. The molecule has 148 valence electrons. The average molecular weight is 527 g/mol. The van der Waals surface area contributed by atoms with Gasteiger partial charge in [0.25, 0.3) is 11.6 Å². The van der Waals surface area contributed by atoms with Gasteiger partial charge in [-0.05, 0) is 36.5 Å². The summed E-state index contributed by atoms with van der Waals surface area (Å²) in [5, 5.41) is 18.8. The minimum atomic E-state index is -1.96. The molecule has 0 saturated heterocycles. The number of nitro groups is 1. The molecule has 1 amide bonds. The second-order valence-electron chi connectivity index (χ2n) is 5.33. The summed E-state index contributed by atoms with van der Waals surface area (Å²) in [4.78, 5) is 23.0. The predicted molar refractivity (Wildman–Crippen MR) is 118 cm³/mol. The van der Waals surface area contributed by atoms with Crippen LogP contribution < -0.4 is 16.0 Å². The topological polar surface area (TPSA) is 96.3 Å². The molecule has 1 atom stereocenters. The Morgan fingerprint density at radius 1 is 1.14 bits per heavy atom. The molecule has 12 heteroatoms. The Hall–Kier alpha value is -1.65. The Bertz CT molecular complexity index is 911. The lowest BCUT2D eigenvalue weighted by atomic mass is 10.2. The first kappa shape index (κ1) is 22.6. The number of thiocarbonyl (C=S) groups is 1. The van der Waals surface area contributed by atoms with E-state index in [9.17, 15) is 14.9 Å². The molecule has 0 aliphatic carbocycles. The van der Waals surface area contributed by atoms with Gasteiger partial charge in [-0.25, -0.2) is 0 Å². The van der Waals surface area contributed by atoms with E-state index in [1.54, 1.807) is 30.3 Å². The molecule has 2 aromatic carbocycles. The van der Waals surface area contributed by atoms with E-state index in [4.69, 9.17) is 47.0 Å². The van der Waals surface area contributed by atoms with Gasteiger partial charge in [0.2, 0.25) is 3.79 Å². The van der Waals surface area contributed by atoms with Gasteiger partial charge in [-0.15, -0.1) is 0 Å². The zero-order valence-corrected chi connectivity index (χ0v) is 18.5. The van der Waals surface area contributed by atoms with Crippen molar-refractivity contribution in [2.75, 3.05) is 5.32 Å². The number of benzene rings is 2. The molecule has 0 bridgehead atoms. The smallest absolute Gasteiger partial charge is 0.292 e. The zero-order valence-electron chi connectivity index (χ0n) is 13.8. The van der Waals surface area contributed by atoms with Crippen molar-refractivity contribution >= 4 is 85.3 Å². The van der Waals surface area contributed by atoms with Crippen molar-refractivity contribution in [3.63, 3.8) is 0 Å². The first-order valence-corrected chi connectivity index (χ1v) is 9.85. The van der Waals surface area contributed by atoms with Crippen LogP contribution in [0, 0.1) is 10.1 Å². The van der Waals surface area contributed by atoms with Gasteiger partial charge >= 0.3 is 0 Å². The van der Waals surface area contributed by atoms with Crippen LogP contribution in [0.2, 0.25) is 0 Å². The Balaban J connectivity index is 2.13. The third-order valence-electron chi connectivity index (χ3n) is 3.31. The molecule has 1 unspecified atom stereocenters. The summed E-state index contributed by atoms with van der Waals surface area (Å²) < 4.78 is -1.26. The molecule has 7 nitrogen and oxygen atoms in total. The highest BCUT2D eigenvalue weighted by molar-refractivity contribution is 9.10. The number of amides is 1. The van der Waals surface area contributed by atoms with Crippen molar-refractivity contribution in [2.45, 2.75) is 9.96 Å². The number of carbonyl (C=O) groups excluding carboxylic acids is 1. The summed E-state index contributed by atoms with van der Waals surface area (Å²) in [5.41, 5.74) is 0.287. The molecule has 28 heavy (non-hydrogen) atoms. The van der Waals surface area contributed by atoms with Crippen LogP contribution in [0.3, 0.4) is 0 Å². The third kappa shape index (κ3) is 6.46. The minimum absolute atomic E-state index is 0.0832. The van der Waals surface area contributed by atoms with Gasteiger partial charge in [0, 0.05) is 16.1 Å². The molecule has 0 aliphatic heterocycles. The van der Waals surface area contributed by atoms with Gasteiger partial charge in [0.1, 0.15) is 11.9 Å². The SMILES string of the molecule is O=C(NC(NC(=S)Nc1ccccc1[N+](=O)[O-])C(Cl)(Cl)Cl)c1cccc(Br)c1. The largest absolute Gasteiger partial charge is 0.339 e. The summed E-state index contributed by atoms with van der Waals surface area (Å²) >= 11 is 26.2. The number of nitrogens with one attached hydrogen (secondary N) is 3. The van der Waals surface area contributed by atoms with Crippen LogP contribution in [-0.4, -0.2) is 25.9 Å².